The Bertz CT molecular complexity index is 4860. The molecular formula is C69H46N2OS3. The number of hydrogen-bond acceptors (Lipinski definition) is 5. The molecule has 0 bridgehead atoms. The van der Waals surface area contributed by atoms with Crippen LogP contribution in [0.4, 0.5) is 0 Å². The molecule has 356 valence electrons. The van der Waals surface area contributed by atoms with Crippen molar-refractivity contribution in [1.29, 1.82) is 0 Å². The lowest BCUT2D eigenvalue weighted by Gasteiger charge is -2.30. The highest BCUT2D eigenvalue weighted by Crippen LogP contribution is 2.50. The Morgan fingerprint density at radius 2 is 1.09 bits per heavy atom. The molecule has 0 radical (unpaired) electrons. The molecular weight excluding hydrogens is 969 g/mol. The molecule has 2 atom stereocenters. The molecule has 0 saturated heterocycles. The highest BCUT2D eigenvalue weighted by Gasteiger charge is 2.31. The summed E-state index contributed by atoms with van der Waals surface area (Å²) in [6.07, 6.45) is 5.19. The predicted octanol–water partition coefficient (Wildman–Crippen LogP) is 20.9. The Morgan fingerprint density at radius 3 is 1.83 bits per heavy atom. The standard InChI is InChI=1S/C69H46N2OS3/c1-2-43-44(20-13-22-54(40-29-32-49-47-17-5-10-26-60(47)74-64(49)38-40)70-69(43)42-30-33-50-48-18-6-11-27-61(48)75-65(50)39-42)51-21-14-25-59-67(51)53-37-41(31-35-58(53)72-59)66-57(34-36-63-68(66)52-19-7-12-28-62(52)73-63)71-55-23-8-3-15-45(55)46-16-4-9-24-56(46)71/h3-12,14-21,23-39,43,69H,2,13,22H2,1H3/b44-20+,70-54?. The number of rotatable bonds is 6. The summed E-state index contributed by atoms with van der Waals surface area (Å²) in [5.41, 5.74) is 14.0. The van der Waals surface area contributed by atoms with Crippen molar-refractivity contribution >= 4 is 150 Å². The zero-order valence-corrected chi connectivity index (χ0v) is 43.5. The van der Waals surface area contributed by atoms with Gasteiger partial charge < -0.3 is 8.98 Å². The quantitative estimate of drug-likeness (QED) is 0.163. The second kappa shape index (κ2) is 17.0. The van der Waals surface area contributed by atoms with Crippen LogP contribution in [-0.2, 0) is 0 Å². The second-order valence-corrected chi connectivity index (χ2v) is 23.4. The van der Waals surface area contributed by atoms with E-state index in [4.69, 9.17) is 9.41 Å². The maximum absolute atomic E-state index is 6.92. The van der Waals surface area contributed by atoms with Crippen LogP contribution < -0.4 is 0 Å². The summed E-state index contributed by atoms with van der Waals surface area (Å²) in [5, 5.41) is 12.6. The fourth-order valence-corrected chi connectivity index (χ4v) is 16.2. The van der Waals surface area contributed by atoms with Crippen molar-refractivity contribution < 1.29 is 4.42 Å². The third-order valence-corrected chi connectivity index (χ3v) is 19.6. The molecule has 0 fully saturated rings. The Labute approximate surface area is 444 Å². The molecule has 5 aromatic heterocycles. The minimum Gasteiger partial charge on any atom is -0.456 e. The monoisotopic (exact) mass is 1010 g/mol. The number of benzene rings is 10. The molecule has 6 heterocycles. The number of thiophene rings is 3. The third kappa shape index (κ3) is 6.66. The van der Waals surface area contributed by atoms with Crippen LogP contribution in [0, 0.1) is 5.92 Å². The first-order valence-corrected chi connectivity index (χ1v) is 28.6. The van der Waals surface area contributed by atoms with Crippen molar-refractivity contribution in [2.45, 2.75) is 32.2 Å². The number of hydrogen-bond donors (Lipinski definition) is 0. The summed E-state index contributed by atoms with van der Waals surface area (Å²) in [5.74, 6) is 0.0896. The SMILES string of the molecule is CCC1/C(c2cccc3oc4ccc(-c5c(-n6c7ccccc7c7ccccc76)ccc6sc7ccccc7c56)cc4c23)=C\CCC(c2ccc3c(c2)sc2ccccc23)=NC1c1ccc2c(c1)sc1ccccc12. The number of furan rings is 1. The van der Waals surface area contributed by atoms with Crippen LogP contribution in [-0.4, -0.2) is 10.3 Å². The van der Waals surface area contributed by atoms with Gasteiger partial charge in [-0.3, -0.25) is 4.99 Å². The summed E-state index contributed by atoms with van der Waals surface area (Å²) in [7, 11) is 0. The van der Waals surface area contributed by atoms with E-state index in [-0.39, 0.29) is 12.0 Å². The van der Waals surface area contributed by atoms with Gasteiger partial charge in [-0.25, -0.2) is 0 Å². The third-order valence-electron chi connectivity index (χ3n) is 16.2. The largest absolute Gasteiger partial charge is 0.456 e. The van der Waals surface area contributed by atoms with Gasteiger partial charge in [0.2, 0.25) is 0 Å². The van der Waals surface area contributed by atoms with Gasteiger partial charge in [-0.2, -0.15) is 0 Å². The Kier molecular flexibility index (Phi) is 9.78. The van der Waals surface area contributed by atoms with E-state index in [1.54, 1.807) is 0 Å². The van der Waals surface area contributed by atoms with E-state index in [0.29, 0.717) is 0 Å². The van der Waals surface area contributed by atoms with E-state index in [1.807, 2.05) is 34.0 Å². The molecule has 0 saturated carbocycles. The number of allylic oxidation sites excluding steroid dienone is 1. The van der Waals surface area contributed by atoms with E-state index < -0.39 is 0 Å². The minimum absolute atomic E-state index is 0.0896. The summed E-state index contributed by atoms with van der Waals surface area (Å²) in [6.45, 7) is 2.36. The molecule has 0 aliphatic carbocycles. The molecule has 16 rings (SSSR count). The smallest absolute Gasteiger partial charge is 0.136 e. The van der Waals surface area contributed by atoms with Crippen molar-refractivity contribution in [2.24, 2.45) is 10.9 Å². The summed E-state index contributed by atoms with van der Waals surface area (Å²) < 4.78 is 17.3. The lowest BCUT2D eigenvalue weighted by Crippen LogP contribution is -2.18. The molecule has 1 aliphatic heterocycles. The first kappa shape index (κ1) is 43.3. The average Bonchev–Trinajstić information content (AvgIpc) is 4.28. The summed E-state index contributed by atoms with van der Waals surface area (Å²) in [6, 6.07) is 76.7. The molecule has 0 amide bonds. The van der Waals surface area contributed by atoms with Crippen LogP contribution in [0.1, 0.15) is 48.9 Å². The van der Waals surface area contributed by atoms with Gasteiger partial charge in [0, 0.05) is 99.3 Å². The topological polar surface area (TPSA) is 30.4 Å². The summed E-state index contributed by atoms with van der Waals surface area (Å²) >= 11 is 5.64. The minimum atomic E-state index is -0.119. The van der Waals surface area contributed by atoms with Crippen LogP contribution in [0.25, 0.3) is 127 Å². The molecule has 1 aliphatic rings. The molecule has 10 aromatic carbocycles. The van der Waals surface area contributed by atoms with Crippen molar-refractivity contribution in [2.75, 3.05) is 0 Å². The van der Waals surface area contributed by atoms with Crippen LogP contribution in [0.15, 0.2) is 222 Å². The van der Waals surface area contributed by atoms with Gasteiger partial charge in [0.1, 0.15) is 11.2 Å². The van der Waals surface area contributed by atoms with Gasteiger partial charge in [-0.15, -0.1) is 34.0 Å². The predicted molar refractivity (Wildman–Crippen MR) is 325 cm³/mol. The lowest BCUT2D eigenvalue weighted by molar-refractivity contribution is 0.520. The average molecular weight is 1020 g/mol. The van der Waals surface area contributed by atoms with Gasteiger partial charge in [0.25, 0.3) is 0 Å². The van der Waals surface area contributed by atoms with Gasteiger partial charge in [-0.05, 0) is 120 Å². The van der Waals surface area contributed by atoms with E-state index in [9.17, 15) is 0 Å². The maximum atomic E-state index is 6.92. The zero-order chi connectivity index (χ0) is 49.3. The lowest BCUT2D eigenvalue weighted by atomic mass is 9.79. The molecule has 75 heavy (non-hydrogen) atoms. The number of nitrogens with zero attached hydrogens (tertiary/aromatic N) is 2. The van der Waals surface area contributed by atoms with E-state index >= 15 is 0 Å². The van der Waals surface area contributed by atoms with Crippen molar-refractivity contribution in [3.63, 3.8) is 0 Å². The zero-order valence-electron chi connectivity index (χ0n) is 41.0. The maximum Gasteiger partial charge on any atom is 0.136 e. The van der Waals surface area contributed by atoms with Crippen molar-refractivity contribution in [3.8, 4) is 16.8 Å². The molecule has 15 aromatic rings. The van der Waals surface area contributed by atoms with Gasteiger partial charge in [0.15, 0.2) is 0 Å². The Morgan fingerprint density at radius 1 is 0.480 bits per heavy atom. The van der Waals surface area contributed by atoms with Gasteiger partial charge in [-0.1, -0.05) is 146 Å². The van der Waals surface area contributed by atoms with Crippen LogP contribution in [0.5, 0.6) is 0 Å². The van der Waals surface area contributed by atoms with Gasteiger partial charge in [0.05, 0.1) is 22.8 Å². The second-order valence-electron chi connectivity index (χ2n) is 20.2. The first-order chi connectivity index (χ1) is 37.1. The number of aliphatic imine (C=N–C) groups is 1. The normalized spacial score (nSPS) is 16.3. The van der Waals surface area contributed by atoms with Crippen molar-refractivity contribution in [1.82, 2.24) is 4.57 Å². The van der Waals surface area contributed by atoms with Crippen LogP contribution >= 0.6 is 34.0 Å². The highest BCUT2D eigenvalue weighted by atomic mass is 32.1. The van der Waals surface area contributed by atoms with Gasteiger partial charge >= 0.3 is 0 Å². The fourth-order valence-electron chi connectivity index (χ4n) is 12.8. The van der Waals surface area contributed by atoms with E-state index in [2.05, 4.69) is 224 Å². The van der Waals surface area contributed by atoms with E-state index in [1.165, 1.54) is 132 Å². The highest BCUT2D eigenvalue weighted by molar-refractivity contribution is 7.26. The van der Waals surface area contributed by atoms with Crippen LogP contribution in [0.3, 0.4) is 0 Å². The number of para-hydroxylation sites is 2. The fraction of sp³-hybridized carbons (Fsp3) is 0.0870. The van der Waals surface area contributed by atoms with E-state index in [0.717, 1.165) is 35.8 Å². The Balaban J connectivity index is 0.899. The molecule has 2 unspecified atom stereocenters. The Hall–Kier alpha value is -8.13. The molecule has 0 spiro atoms. The molecule has 0 N–H and O–H groups in total. The number of aromatic nitrogens is 1. The first-order valence-electron chi connectivity index (χ1n) is 26.1. The molecule has 3 nitrogen and oxygen atoms in total. The van der Waals surface area contributed by atoms with Crippen LogP contribution in [0.2, 0.25) is 0 Å². The molecule has 6 heteroatoms. The number of fused-ring (bicyclic) bond motifs is 15. The van der Waals surface area contributed by atoms with Crippen molar-refractivity contribution in [3.05, 3.63) is 229 Å². The summed E-state index contributed by atoms with van der Waals surface area (Å²) in [4.78, 5) is 6.00.